The zero-order valence-electron chi connectivity index (χ0n) is 29.2. The van der Waals surface area contributed by atoms with E-state index in [0.29, 0.717) is 12.1 Å². The van der Waals surface area contributed by atoms with E-state index in [1.54, 1.807) is 66.7 Å². The van der Waals surface area contributed by atoms with Crippen molar-refractivity contribution >= 4 is 41.4 Å². The summed E-state index contributed by atoms with van der Waals surface area (Å²) in [4.78, 5) is 80.2. The van der Waals surface area contributed by atoms with Gasteiger partial charge in [0, 0.05) is 12.1 Å². The van der Waals surface area contributed by atoms with E-state index in [9.17, 15) is 28.8 Å². The highest BCUT2D eigenvalue weighted by molar-refractivity contribution is 6.05. The molecule has 4 atom stereocenters. The van der Waals surface area contributed by atoms with Crippen molar-refractivity contribution in [3.63, 3.8) is 0 Å². The first-order valence-electron chi connectivity index (χ1n) is 16.1. The third kappa shape index (κ3) is 11.5. The highest BCUT2D eigenvalue weighted by atomic mass is 16.6. The van der Waals surface area contributed by atoms with Crippen molar-refractivity contribution < 1.29 is 38.2 Å². The molecular formula is C32H47N9O8. The Balaban J connectivity index is 1.70. The molecule has 0 saturated carbocycles. The second-order valence-electron chi connectivity index (χ2n) is 13.7. The Morgan fingerprint density at radius 3 is 2.27 bits per heavy atom. The van der Waals surface area contributed by atoms with E-state index < -0.39 is 78.0 Å². The van der Waals surface area contributed by atoms with Gasteiger partial charge in [-0.3, -0.25) is 24.1 Å². The molecule has 3 rings (SSSR count). The van der Waals surface area contributed by atoms with Crippen LogP contribution in [-0.2, 0) is 46.4 Å². The zero-order chi connectivity index (χ0) is 36.5. The van der Waals surface area contributed by atoms with Gasteiger partial charge in [-0.15, -0.1) is 10.2 Å². The van der Waals surface area contributed by atoms with Gasteiger partial charge in [-0.1, -0.05) is 43.7 Å². The summed E-state index contributed by atoms with van der Waals surface area (Å²) < 4.78 is 10.7. The maximum Gasteiger partial charge on any atom is 0.408 e. The average molecular weight is 686 g/mol. The van der Waals surface area contributed by atoms with Crippen molar-refractivity contribution in [1.29, 1.82) is 0 Å². The first kappa shape index (κ1) is 38.4. The van der Waals surface area contributed by atoms with Gasteiger partial charge in [-0.05, 0) is 59.1 Å². The normalized spacial score (nSPS) is 16.0. The molecule has 0 unspecified atom stereocenters. The van der Waals surface area contributed by atoms with Gasteiger partial charge in [0.25, 0.3) is 0 Å². The van der Waals surface area contributed by atoms with E-state index >= 15 is 0 Å². The number of hydrogen-bond donors (Lipinski definition) is 5. The number of H-pyrrole nitrogens is 1. The lowest BCUT2D eigenvalue weighted by atomic mass is 9.98. The fourth-order valence-corrected chi connectivity index (χ4v) is 4.94. The molecule has 5 amide bonds. The number of carbonyl (C=O) groups is 6. The topological polar surface area (TPSA) is 227 Å². The van der Waals surface area contributed by atoms with E-state index in [4.69, 9.17) is 9.47 Å². The largest absolute Gasteiger partial charge is 0.458 e. The van der Waals surface area contributed by atoms with Crippen molar-refractivity contribution in [2.75, 3.05) is 11.4 Å². The highest BCUT2D eigenvalue weighted by Crippen LogP contribution is 2.32. The van der Waals surface area contributed by atoms with Gasteiger partial charge < -0.3 is 30.7 Å². The maximum atomic E-state index is 13.6. The van der Waals surface area contributed by atoms with Crippen LogP contribution in [0.2, 0.25) is 0 Å². The number of fused-ring (bicyclic) bond motifs is 1. The van der Waals surface area contributed by atoms with E-state index in [-0.39, 0.29) is 24.7 Å². The van der Waals surface area contributed by atoms with Crippen LogP contribution in [0.15, 0.2) is 24.3 Å². The Hall–Kier alpha value is -5.09. The van der Waals surface area contributed by atoms with Crippen LogP contribution in [0.4, 0.5) is 10.5 Å². The predicted octanol–water partition coefficient (Wildman–Crippen LogP) is 1.05. The second-order valence-corrected chi connectivity index (χ2v) is 13.7. The molecule has 1 aromatic heterocycles. The summed E-state index contributed by atoms with van der Waals surface area (Å²) in [5, 5.41) is 23.7. The van der Waals surface area contributed by atoms with Gasteiger partial charge in [0.2, 0.25) is 23.6 Å². The van der Waals surface area contributed by atoms with Gasteiger partial charge >= 0.3 is 12.1 Å². The summed E-state index contributed by atoms with van der Waals surface area (Å²) in [5.41, 5.74) is -0.445. The van der Waals surface area contributed by atoms with Crippen molar-refractivity contribution in [2.45, 2.75) is 111 Å². The van der Waals surface area contributed by atoms with Crippen LogP contribution in [0, 0.1) is 5.92 Å². The van der Waals surface area contributed by atoms with Gasteiger partial charge in [0.05, 0.1) is 19.5 Å². The number of para-hydroxylation sites is 1. The number of benzene rings is 1. The molecule has 49 heavy (non-hydrogen) atoms. The summed E-state index contributed by atoms with van der Waals surface area (Å²) in [5.74, 6) is -3.31. The molecule has 0 spiro atoms. The van der Waals surface area contributed by atoms with Gasteiger partial charge in [0.15, 0.2) is 5.82 Å². The van der Waals surface area contributed by atoms with Gasteiger partial charge in [0.1, 0.15) is 29.3 Å². The summed E-state index contributed by atoms with van der Waals surface area (Å²) >= 11 is 0. The maximum absolute atomic E-state index is 13.6. The van der Waals surface area contributed by atoms with E-state index in [1.807, 2.05) is 13.0 Å². The number of alkyl carbamates (subject to hydrolysis) is 1. The second kappa shape index (κ2) is 16.3. The van der Waals surface area contributed by atoms with E-state index in [0.717, 1.165) is 5.56 Å². The lowest BCUT2D eigenvalue weighted by Crippen LogP contribution is -2.55. The average Bonchev–Trinajstić information content (AvgIpc) is 3.67. The van der Waals surface area contributed by atoms with E-state index in [2.05, 4.69) is 41.9 Å². The molecule has 1 aliphatic rings. The molecule has 1 aromatic carbocycles. The zero-order valence-corrected chi connectivity index (χ0v) is 29.2. The third-order valence-electron chi connectivity index (χ3n) is 7.35. The predicted molar refractivity (Wildman–Crippen MR) is 175 cm³/mol. The molecule has 0 bridgehead atoms. The van der Waals surface area contributed by atoms with Crippen molar-refractivity contribution in [3.8, 4) is 0 Å². The number of carbonyl (C=O) groups excluding carboxylic acids is 6. The fraction of sp³-hybridized carbons (Fsp3) is 0.594. The molecule has 2 aromatic rings. The van der Waals surface area contributed by atoms with Crippen LogP contribution in [0.25, 0.3) is 0 Å². The van der Waals surface area contributed by atoms with Crippen molar-refractivity contribution in [2.24, 2.45) is 5.92 Å². The standard InChI is InChI=1S/C32H47N9O8/c1-9-18(2)26(36-24(42)15-20(29(46)48-31(3,4)5)35-30(47)49-32(6,7)8)28(45)34-17-25(43)41-21-13-11-10-12-19(21)14-22(41)27(44)33-16-23-37-39-40-38-23/h10-13,18,20,22,26H,9,14-17H2,1-8H3,(H,33,44)(H,34,45)(H,35,47)(H,36,42)(H,37,38,39,40)/t18-,20-,22-,26-/m0/s1. The smallest absolute Gasteiger partial charge is 0.408 e. The Labute approximate surface area is 285 Å². The Kier molecular flexibility index (Phi) is 12.8. The molecule has 268 valence electrons. The summed E-state index contributed by atoms with van der Waals surface area (Å²) in [6, 6.07) is 3.70. The number of nitrogens with one attached hydrogen (secondary N) is 5. The fourth-order valence-electron chi connectivity index (χ4n) is 4.94. The molecule has 2 heterocycles. The van der Waals surface area contributed by atoms with Crippen LogP contribution in [0.3, 0.4) is 0 Å². The Morgan fingerprint density at radius 2 is 1.65 bits per heavy atom. The minimum absolute atomic E-state index is 0.000687. The number of hydrogen-bond acceptors (Lipinski definition) is 11. The third-order valence-corrected chi connectivity index (χ3v) is 7.35. The number of tetrazole rings is 1. The number of amides is 5. The number of anilines is 1. The molecule has 17 heteroatoms. The van der Waals surface area contributed by atoms with E-state index in [1.165, 1.54) is 4.90 Å². The summed E-state index contributed by atoms with van der Waals surface area (Å²) in [7, 11) is 0. The number of nitrogens with zero attached hydrogens (tertiary/aromatic N) is 4. The number of ether oxygens (including phenoxy) is 2. The van der Waals surface area contributed by atoms with Crippen molar-refractivity contribution in [1.82, 2.24) is 41.9 Å². The first-order valence-corrected chi connectivity index (χ1v) is 16.1. The van der Waals surface area contributed by atoms with Gasteiger partial charge in [-0.25, -0.2) is 9.59 Å². The minimum Gasteiger partial charge on any atom is -0.458 e. The SMILES string of the molecule is CC[C@H](C)[C@H](NC(=O)C[C@H](NC(=O)OC(C)(C)C)C(=O)OC(C)(C)C)C(=O)NCC(=O)N1c2ccccc2C[C@H]1C(=O)NCc1nn[nH]n1. The number of rotatable bonds is 13. The molecule has 0 radical (unpaired) electrons. The van der Waals surface area contributed by atoms with Crippen LogP contribution < -0.4 is 26.2 Å². The monoisotopic (exact) mass is 685 g/mol. The van der Waals surface area contributed by atoms with Crippen molar-refractivity contribution in [3.05, 3.63) is 35.7 Å². The number of esters is 1. The summed E-state index contributed by atoms with van der Waals surface area (Å²) in [6.45, 7) is 13.0. The number of aromatic nitrogens is 4. The van der Waals surface area contributed by atoms with Gasteiger partial charge in [-0.2, -0.15) is 5.21 Å². The Bertz CT molecular complexity index is 1500. The molecule has 5 N–H and O–H groups in total. The summed E-state index contributed by atoms with van der Waals surface area (Å²) in [6.07, 6.45) is -0.718. The number of aromatic amines is 1. The molecule has 0 aliphatic carbocycles. The van der Waals surface area contributed by atoms with Crippen LogP contribution >= 0.6 is 0 Å². The quantitative estimate of drug-likeness (QED) is 0.187. The minimum atomic E-state index is -1.41. The first-order chi connectivity index (χ1) is 22.9. The molecule has 0 fully saturated rings. The lowest BCUT2D eigenvalue weighted by Gasteiger charge is -2.28. The molecule has 17 nitrogen and oxygen atoms in total. The van der Waals surface area contributed by atoms with Crippen LogP contribution in [0.1, 0.15) is 79.6 Å². The molecular weight excluding hydrogens is 638 g/mol. The molecule has 0 saturated heterocycles. The highest BCUT2D eigenvalue weighted by Gasteiger charge is 2.39. The molecule has 1 aliphatic heterocycles. The Morgan fingerprint density at radius 1 is 0.980 bits per heavy atom. The van der Waals surface area contributed by atoms with Crippen LogP contribution in [-0.4, -0.2) is 92.2 Å². The van der Waals surface area contributed by atoms with Crippen LogP contribution in [0.5, 0.6) is 0 Å². The lowest BCUT2D eigenvalue weighted by molar-refractivity contribution is -0.158.